The Balaban J connectivity index is 0.00000158. The predicted molar refractivity (Wildman–Crippen MR) is 119 cm³/mol. The SMILES string of the molecule is CC.CCSc1cc(-c2ccc(C(F)(F)F)cc2)cnc1-c1cn2cnc(C(F)(F)F)cc2n1. The molecule has 0 spiro atoms. The highest BCUT2D eigenvalue weighted by Crippen LogP contribution is 2.35. The Morgan fingerprint density at radius 3 is 2.15 bits per heavy atom. The maximum Gasteiger partial charge on any atom is 0.433 e. The molecule has 0 atom stereocenters. The molecule has 0 saturated heterocycles. The minimum Gasteiger partial charge on any atom is -0.290 e. The van der Waals surface area contributed by atoms with Gasteiger partial charge in [-0.1, -0.05) is 32.9 Å². The molecule has 0 unspecified atom stereocenters. The standard InChI is InChI=1S/C21H14F6N4S.C2H6/c1-2-32-16-7-13(12-3-5-14(6-4-12)20(22,23)24)9-28-19(16)15-10-31-11-29-17(21(25,26)27)8-18(31)30-15;1-2/h3-11H,2H2,1H3;1-2H3. The summed E-state index contributed by atoms with van der Waals surface area (Å²) in [5.74, 6) is 0.679. The highest BCUT2D eigenvalue weighted by Gasteiger charge is 2.33. The first-order valence-electron chi connectivity index (χ1n) is 10.3. The average Bonchev–Trinajstić information content (AvgIpc) is 3.23. The van der Waals surface area contributed by atoms with Crippen molar-refractivity contribution < 1.29 is 26.3 Å². The van der Waals surface area contributed by atoms with Gasteiger partial charge in [0.1, 0.15) is 29.1 Å². The highest BCUT2D eigenvalue weighted by atomic mass is 32.2. The van der Waals surface area contributed by atoms with Gasteiger partial charge in [0.05, 0.1) is 5.56 Å². The summed E-state index contributed by atoms with van der Waals surface area (Å²) < 4.78 is 78.6. The molecule has 0 N–H and O–H groups in total. The van der Waals surface area contributed by atoms with Crippen molar-refractivity contribution in [3.63, 3.8) is 0 Å². The van der Waals surface area contributed by atoms with Crippen molar-refractivity contribution in [2.75, 3.05) is 5.75 Å². The summed E-state index contributed by atoms with van der Waals surface area (Å²) in [6.07, 6.45) is -4.94. The van der Waals surface area contributed by atoms with E-state index in [1.807, 2.05) is 20.8 Å². The first-order valence-corrected chi connectivity index (χ1v) is 11.3. The maximum absolute atomic E-state index is 12.9. The summed E-state index contributed by atoms with van der Waals surface area (Å²) in [5.41, 5.74) is 0.280. The Morgan fingerprint density at radius 2 is 1.56 bits per heavy atom. The van der Waals surface area contributed by atoms with Crippen LogP contribution in [0.3, 0.4) is 0 Å². The molecule has 4 nitrogen and oxygen atoms in total. The molecule has 180 valence electrons. The van der Waals surface area contributed by atoms with E-state index in [2.05, 4.69) is 15.0 Å². The van der Waals surface area contributed by atoms with Gasteiger partial charge in [0.25, 0.3) is 0 Å². The lowest BCUT2D eigenvalue weighted by molar-refractivity contribution is -0.141. The number of benzene rings is 1. The lowest BCUT2D eigenvalue weighted by Crippen LogP contribution is -2.08. The van der Waals surface area contributed by atoms with Crippen LogP contribution in [-0.4, -0.2) is 25.1 Å². The van der Waals surface area contributed by atoms with E-state index in [4.69, 9.17) is 0 Å². The van der Waals surface area contributed by atoms with Crippen LogP contribution in [0.5, 0.6) is 0 Å². The molecule has 4 aromatic rings. The summed E-state index contributed by atoms with van der Waals surface area (Å²) in [6.45, 7) is 5.92. The van der Waals surface area contributed by atoms with Crippen molar-refractivity contribution in [3.8, 4) is 22.5 Å². The number of hydrogen-bond donors (Lipinski definition) is 0. The van der Waals surface area contributed by atoms with Gasteiger partial charge in [0.15, 0.2) is 0 Å². The topological polar surface area (TPSA) is 43.1 Å². The van der Waals surface area contributed by atoms with E-state index < -0.39 is 23.6 Å². The molecule has 0 aliphatic rings. The van der Waals surface area contributed by atoms with E-state index >= 15 is 0 Å². The Labute approximate surface area is 196 Å². The van der Waals surface area contributed by atoms with Crippen molar-refractivity contribution in [2.45, 2.75) is 38.0 Å². The second-order valence-corrected chi connectivity index (χ2v) is 8.05. The molecule has 0 fully saturated rings. The Kier molecular flexibility index (Phi) is 7.54. The van der Waals surface area contributed by atoms with E-state index in [0.717, 1.165) is 24.5 Å². The van der Waals surface area contributed by atoms with Crippen molar-refractivity contribution in [2.24, 2.45) is 0 Å². The molecule has 34 heavy (non-hydrogen) atoms. The van der Waals surface area contributed by atoms with Gasteiger partial charge in [-0.3, -0.25) is 9.38 Å². The molecule has 3 heterocycles. The van der Waals surface area contributed by atoms with Crippen molar-refractivity contribution >= 4 is 17.4 Å². The fourth-order valence-electron chi connectivity index (χ4n) is 3.07. The lowest BCUT2D eigenvalue weighted by atomic mass is 10.0. The third-order valence-corrected chi connectivity index (χ3v) is 5.49. The van der Waals surface area contributed by atoms with Crippen LogP contribution in [0.2, 0.25) is 0 Å². The van der Waals surface area contributed by atoms with Crippen LogP contribution in [0, 0.1) is 0 Å². The van der Waals surface area contributed by atoms with E-state index in [0.29, 0.717) is 33.2 Å². The van der Waals surface area contributed by atoms with Crippen molar-refractivity contribution in [1.82, 2.24) is 19.4 Å². The van der Waals surface area contributed by atoms with E-state index in [1.54, 1.807) is 6.07 Å². The molecule has 0 bridgehead atoms. The molecule has 0 saturated carbocycles. The van der Waals surface area contributed by atoms with Gasteiger partial charge < -0.3 is 0 Å². The zero-order valence-corrected chi connectivity index (χ0v) is 19.2. The molecule has 0 aliphatic heterocycles. The normalized spacial score (nSPS) is 11.9. The first kappa shape index (κ1) is 25.5. The molecule has 3 aromatic heterocycles. The minimum absolute atomic E-state index is 0.0726. The molecule has 1 aromatic carbocycles. The van der Waals surface area contributed by atoms with E-state index in [1.165, 1.54) is 40.7 Å². The third kappa shape index (κ3) is 5.52. The van der Waals surface area contributed by atoms with Gasteiger partial charge in [-0.15, -0.1) is 11.8 Å². The monoisotopic (exact) mass is 498 g/mol. The van der Waals surface area contributed by atoms with E-state index in [-0.39, 0.29) is 5.65 Å². The lowest BCUT2D eigenvalue weighted by Gasteiger charge is -2.10. The molecule has 0 amide bonds. The number of alkyl halides is 6. The van der Waals surface area contributed by atoms with Crippen LogP contribution < -0.4 is 0 Å². The van der Waals surface area contributed by atoms with Crippen LogP contribution in [0.4, 0.5) is 26.3 Å². The number of hydrogen-bond acceptors (Lipinski definition) is 4. The van der Waals surface area contributed by atoms with Gasteiger partial charge in [0, 0.05) is 28.9 Å². The first-order chi connectivity index (χ1) is 16.1. The second kappa shape index (κ2) is 10.0. The zero-order valence-electron chi connectivity index (χ0n) is 18.4. The number of thioether (sulfide) groups is 1. The van der Waals surface area contributed by atoms with E-state index in [9.17, 15) is 26.3 Å². The number of fused-ring (bicyclic) bond motifs is 1. The number of imidazole rings is 1. The summed E-state index contributed by atoms with van der Waals surface area (Å²) in [4.78, 5) is 12.8. The third-order valence-electron chi connectivity index (χ3n) is 4.58. The highest BCUT2D eigenvalue weighted by molar-refractivity contribution is 7.99. The van der Waals surface area contributed by atoms with Crippen molar-refractivity contribution in [3.05, 3.63) is 66.4 Å². The molecule has 0 aliphatic carbocycles. The van der Waals surface area contributed by atoms with Crippen LogP contribution >= 0.6 is 11.8 Å². The largest absolute Gasteiger partial charge is 0.433 e. The molecule has 11 heteroatoms. The minimum atomic E-state index is -4.58. The number of rotatable bonds is 4. The Morgan fingerprint density at radius 1 is 0.882 bits per heavy atom. The van der Waals surface area contributed by atoms with Crippen LogP contribution in [0.1, 0.15) is 32.0 Å². The number of pyridine rings is 1. The van der Waals surface area contributed by atoms with Gasteiger partial charge >= 0.3 is 12.4 Å². The molecule has 4 rings (SSSR count). The van der Waals surface area contributed by atoms with Gasteiger partial charge in [0.2, 0.25) is 0 Å². The molecule has 0 radical (unpaired) electrons. The Hall–Kier alpha value is -3.08. The molecular formula is C23H20F6N4S. The van der Waals surface area contributed by atoms with Crippen LogP contribution in [-0.2, 0) is 12.4 Å². The van der Waals surface area contributed by atoms with Gasteiger partial charge in [-0.25, -0.2) is 9.97 Å². The summed E-state index contributed by atoms with van der Waals surface area (Å²) >= 11 is 1.44. The summed E-state index contributed by atoms with van der Waals surface area (Å²) in [6, 6.07) is 7.38. The fraction of sp³-hybridized carbons (Fsp3) is 0.261. The number of aromatic nitrogens is 4. The summed E-state index contributed by atoms with van der Waals surface area (Å²) in [5, 5.41) is 0. The smallest absolute Gasteiger partial charge is 0.290 e. The Bertz CT molecular complexity index is 1260. The quantitative estimate of drug-likeness (QED) is 0.214. The zero-order chi connectivity index (χ0) is 25.1. The predicted octanol–water partition coefficient (Wildman–Crippen LogP) is 7.63. The van der Waals surface area contributed by atoms with Crippen LogP contribution in [0.15, 0.2) is 60.0 Å². The van der Waals surface area contributed by atoms with Crippen molar-refractivity contribution in [1.29, 1.82) is 0 Å². The molecular weight excluding hydrogens is 478 g/mol. The van der Waals surface area contributed by atoms with Crippen LogP contribution in [0.25, 0.3) is 28.2 Å². The van der Waals surface area contributed by atoms with Gasteiger partial charge in [-0.05, 0) is 29.5 Å². The maximum atomic E-state index is 12.9. The average molecular weight is 498 g/mol. The van der Waals surface area contributed by atoms with Gasteiger partial charge in [-0.2, -0.15) is 26.3 Å². The summed E-state index contributed by atoms with van der Waals surface area (Å²) in [7, 11) is 0. The number of halogens is 6. The fourth-order valence-corrected chi connectivity index (χ4v) is 3.89. The second-order valence-electron chi connectivity index (χ2n) is 6.74. The number of nitrogens with zero attached hydrogens (tertiary/aromatic N) is 4.